The van der Waals surface area contributed by atoms with Crippen molar-refractivity contribution in [1.82, 2.24) is 24.8 Å². The number of hydrogen-bond donors (Lipinski definition) is 2. The molecule has 41 heavy (non-hydrogen) atoms. The summed E-state index contributed by atoms with van der Waals surface area (Å²) in [6.45, 7) is 7.85. The number of aromatic nitrogens is 4. The smallest absolute Gasteiger partial charge is 0.410 e. The first-order chi connectivity index (χ1) is 19.5. The molecule has 2 amide bonds. The number of nitrogens with zero attached hydrogens (tertiary/aromatic N) is 7. The molecule has 1 saturated heterocycles. The summed E-state index contributed by atoms with van der Waals surface area (Å²) in [5.41, 5.74) is 13.7. The number of piperazine rings is 1. The lowest BCUT2D eigenvalue weighted by atomic mass is 9.64. The van der Waals surface area contributed by atoms with Gasteiger partial charge < -0.3 is 26.0 Å². The molecule has 0 aromatic carbocycles. The zero-order valence-electron chi connectivity index (χ0n) is 23.6. The van der Waals surface area contributed by atoms with Gasteiger partial charge in [-0.3, -0.25) is 9.78 Å². The zero-order valence-corrected chi connectivity index (χ0v) is 23.6. The predicted molar refractivity (Wildman–Crippen MR) is 155 cm³/mol. The molecule has 0 atom stereocenters. The van der Waals surface area contributed by atoms with Gasteiger partial charge in [-0.15, -0.1) is 0 Å². The Bertz CT molecular complexity index is 1420. The molecule has 214 valence electrons. The molecule has 0 spiro atoms. The highest BCUT2D eigenvalue weighted by atomic mass is 16.6. The number of anilines is 2. The maximum absolute atomic E-state index is 13.0. The average Bonchev–Trinajstić information content (AvgIpc) is 2.92. The van der Waals surface area contributed by atoms with Crippen LogP contribution in [0.15, 0.2) is 54.0 Å². The molecule has 2 fully saturated rings. The number of amides is 2. The topological polar surface area (TPSA) is 166 Å². The first kappa shape index (κ1) is 27.9. The molecule has 1 aliphatic carbocycles. The van der Waals surface area contributed by atoms with Crippen LogP contribution in [0.3, 0.4) is 0 Å². The normalized spacial score (nSPS) is 17.1. The molecule has 1 saturated carbocycles. The van der Waals surface area contributed by atoms with Gasteiger partial charge in [0.1, 0.15) is 17.3 Å². The molecule has 12 nitrogen and oxygen atoms in total. The van der Waals surface area contributed by atoms with Crippen molar-refractivity contribution in [2.24, 2.45) is 10.7 Å². The minimum absolute atomic E-state index is 0.204. The quantitative estimate of drug-likeness (QED) is 0.351. The van der Waals surface area contributed by atoms with Crippen LogP contribution in [-0.4, -0.2) is 74.5 Å². The van der Waals surface area contributed by atoms with Crippen molar-refractivity contribution < 1.29 is 14.3 Å². The molecule has 0 radical (unpaired) electrons. The number of nitrogen functional groups attached to an aromatic ring is 1. The fourth-order valence-corrected chi connectivity index (χ4v) is 4.97. The van der Waals surface area contributed by atoms with Gasteiger partial charge in [0.15, 0.2) is 0 Å². The van der Waals surface area contributed by atoms with Crippen LogP contribution in [0.1, 0.15) is 56.0 Å². The second-order valence-electron chi connectivity index (χ2n) is 11.4. The lowest BCUT2D eigenvalue weighted by molar-refractivity contribution is 0.0240. The first-order valence-electron chi connectivity index (χ1n) is 13.7. The molecule has 0 unspecified atom stereocenters. The lowest BCUT2D eigenvalue weighted by Gasteiger charge is -2.41. The molecule has 2 aliphatic rings. The lowest BCUT2D eigenvalue weighted by Crippen LogP contribution is -2.50. The van der Waals surface area contributed by atoms with Gasteiger partial charge in [0.25, 0.3) is 5.91 Å². The van der Waals surface area contributed by atoms with E-state index in [1.54, 1.807) is 35.6 Å². The molecule has 4 heterocycles. The zero-order chi connectivity index (χ0) is 29.2. The Balaban J connectivity index is 1.23. The number of amidine groups is 1. The van der Waals surface area contributed by atoms with Crippen molar-refractivity contribution in [3.05, 3.63) is 60.2 Å². The maximum Gasteiger partial charge on any atom is 0.410 e. The van der Waals surface area contributed by atoms with Crippen LogP contribution < -0.4 is 16.4 Å². The van der Waals surface area contributed by atoms with E-state index >= 15 is 0 Å². The second-order valence-corrected chi connectivity index (χ2v) is 11.4. The third kappa shape index (κ3) is 6.11. The Kier molecular flexibility index (Phi) is 7.57. The fraction of sp³-hybridized carbons (Fsp3) is 0.414. The molecular formula is C29H35N9O3. The maximum atomic E-state index is 13.0. The molecule has 0 bridgehead atoms. The monoisotopic (exact) mass is 557 g/mol. The fourth-order valence-electron chi connectivity index (χ4n) is 4.97. The molecule has 3 aromatic heterocycles. The summed E-state index contributed by atoms with van der Waals surface area (Å²) in [5, 5.41) is 0. The van der Waals surface area contributed by atoms with Crippen molar-refractivity contribution in [3.8, 4) is 11.3 Å². The standard InChI is InChI=1S/C29H35N9O3/c1-28(2,3)41-27(40)38-13-11-37(12-14-38)23-8-5-19(15-33-23)24(39)36-25(30)29(9-4-10-29)21-6-7-22(32-18-21)20-16-34-26(31)35-17-20/h5-8,15-18H,4,9-14H2,1-3H3,(H2,30,36,39)(H2,31,34,35). The summed E-state index contributed by atoms with van der Waals surface area (Å²) in [5.74, 6) is 0.776. The minimum atomic E-state index is -0.530. The molecule has 1 aliphatic heterocycles. The van der Waals surface area contributed by atoms with Crippen LogP contribution in [0.5, 0.6) is 0 Å². The van der Waals surface area contributed by atoms with Crippen molar-refractivity contribution in [1.29, 1.82) is 0 Å². The summed E-state index contributed by atoms with van der Waals surface area (Å²) < 4.78 is 5.46. The van der Waals surface area contributed by atoms with E-state index in [2.05, 4.69) is 29.8 Å². The van der Waals surface area contributed by atoms with E-state index in [1.165, 1.54) is 6.20 Å². The molecule has 5 rings (SSSR count). The van der Waals surface area contributed by atoms with Crippen molar-refractivity contribution in [3.63, 3.8) is 0 Å². The summed E-state index contributed by atoms with van der Waals surface area (Å²) in [6, 6.07) is 7.35. The number of pyridine rings is 2. The summed E-state index contributed by atoms with van der Waals surface area (Å²) >= 11 is 0. The number of nitrogens with two attached hydrogens (primary N) is 2. The Labute approximate surface area is 238 Å². The van der Waals surface area contributed by atoms with E-state index in [0.29, 0.717) is 37.4 Å². The minimum Gasteiger partial charge on any atom is -0.444 e. The molecule has 3 aromatic rings. The van der Waals surface area contributed by atoms with Gasteiger partial charge in [0.05, 0.1) is 16.7 Å². The highest BCUT2D eigenvalue weighted by Gasteiger charge is 2.43. The van der Waals surface area contributed by atoms with Gasteiger partial charge in [0, 0.05) is 56.5 Å². The Morgan fingerprint density at radius 1 is 0.927 bits per heavy atom. The summed E-state index contributed by atoms with van der Waals surface area (Å²) in [7, 11) is 0. The third-order valence-electron chi connectivity index (χ3n) is 7.45. The Morgan fingerprint density at radius 3 is 2.17 bits per heavy atom. The van der Waals surface area contributed by atoms with Crippen molar-refractivity contribution in [2.75, 3.05) is 36.8 Å². The highest BCUT2D eigenvalue weighted by Crippen LogP contribution is 2.44. The van der Waals surface area contributed by atoms with Crippen molar-refractivity contribution >= 4 is 29.6 Å². The van der Waals surface area contributed by atoms with E-state index in [4.69, 9.17) is 16.2 Å². The van der Waals surface area contributed by atoms with Gasteiger partial charge >= 0.3 is 6.09 Å². The van der Waals surface area contributed by atoms with E-state index in [0.717, 1.165) is 36.2 Å². The van der Waals surface area contributed by atoms with Crippen LogP contribution in [0.2, 0.25) is 0 Å². The van der Waals surface area contributed by atoms with Gasteiger partial charge in [-0.25, -0.2) is 19.7 Å². The summed E-state index contributed by atoms with van der Waals surface area (Å²) in [4.78, 5) is 50.5. The first-order valence-corrected chi connectivity index (χ1v) is 13.7. The Hall–Kier alpha value is -4.61. The van der Waals surface area contributed by atoms with Crippen LogP contribution >= 0.6 is 0 Å². The van der Waals surface area contributed by atoms with E-state index in [-0.39, 0.29) is 17.9 Å². The summed E-state index contributed by atoms with van der Waals surface area (Å²) in [6.07, 6.45) is 8.79. The molecule has 12 heteroatoms. The van der Waals surface area contributed by atoms with Crippen LogP contribution in [-0.2, 0) is 10.2 Å². The van der Waals surface area contributed by atoms with Crippen molar-refractivity contribution in [2.45, 2.75) is 51.0 Å². The largest absolute Gasteiger partial charge is 0.444 e. The number of ether oxygens (including phenoxy) is 1. The van der Waals surface area contributed by atoms with Crippen LogP contribution in [0.25, 0.3) is 11.3 Å². The van der Waals surface area contributed by atoms with Gasteiger partial charge in [-0.2, -0.15) is 4.99 Å². The average molecular weight is 558 g/mol. The predicted octanol–water partition coefficient (Wildman–Crippen LogP) is 3.19. The second kappa shape index (κ2) is 11.1. The number of carbonyl (C=O) groups is 2. The third-order valence-corrected chi connectivity index (χ3v) is 7.45. The Morgan fingerprint density at radius 2 is 1.63 bits per heavy atom. The molecular weight excluding hydrogens is 522 g/mol. The van der Waals surface area contributed by atoms with Gasteiger partial charge in [0.2, 0.25) is 5.95 Å². The number of carbonyl (C=O) groups excluding carboxylic acids is 2. The van der Waals surface area contributed by atoms with E-state index in [9.17, 15) is 9.59 Å². The highest BCUT2D eigenvalue weighted by molar-refractivity contribution is 6.06. The number of aliphatic imine (C=N–C) groups is 1. The van der Waals surface area contributed by atoms with E-state index < -0.39 is 16.9 Å². The number of hydrogen-bond acceptors (Lipinski definition) is 9. The SMILES string of the molecule is CC(C)(C)OC(=O)N1CCN(c2ccc(C(=O)N=C(N)C3(c4ccc(-c5cnc(N)nc5)nc4)CCC3)cn2)CC1. The van der Waals surface area contributed by atoms with Gasteiger partial charge in [-0.1, -0.05) is 12.5 Å². The number of rotatable bonds is 5. The van der Waals surface area contributed by atoms with Crippen LogP contribution in [0, 0.1) is 0 Å². The van der Waals surface area contributed by atoms with Gasteiger partial charge in [-0.05, 0) is 57.4 Å². The van der Waals surface area contributed by atoms with E-state index in [1.807, 2.05) is 32.9 Å². The van der Waals surface area contributed by atoms with Crippen LogP contribution in [0.4, 0.5) is 16.6 Å². The molecule has 4 N–H and O–H groups in total.